The van der Waals surface area contributed by atoms with Crippen molar-refractivity contribution in [3.63, 3.8) is 0 Å². The lowest BCUT2D eigenvalue weighted by Crippen LogP contribution is -2.61. The van der Waals surface area contributed by atoms with Crippen molar-refractivity contribution in [1.29, 1.82) is 5.41 Å². The van der Waals surface area contributed by atoms with Crippen LogP contribution in [0, 0.1) is 5.41 Å². The van der Waals surface area contributed by atoms with Gasteiger partial charge in [0.2, 0.25) is 100 Å². The zero-order valence-corrected chi connectivity index (χ0v) is 74.4. The van der Waals surface area contributed by atoms with Crippen LogP contribution >= 0.6 is 25.3 Å². The summed E-state index contributed by atoms with van der Waals surface area (Å²) in [5, 5.41) is 85.1. The van der Waals surface area contributed by atoms with Crippen LogP contribution in [0.1, 0.15) is 126 Å². The number of aromatic amines is 1. The number of carbonyl (C=O) groups excluding carboxylic acids is 17. The molecule has 16 atom stereocenters. The molecule has 714 valence electrons. The zero-order valence-electron chi connectivity index (χ0n) is 72.6. The van der Waals surface area contributed by atoms with E-state index < -0.39 is 234 Å². The van der Waals surface area contributed by atoms with E-state index in [1.165, 1.54) is 109 Å². The van der Waals surface area contributed by atoms with E-state index in [9.17, 15) is 87.5 Å². The number of phenolic OH excluding ortho intramolecular Hbond substituents is 3. The summed E-state index contributed by atoms with van der Waals surface area (Å²) >= 11 is 8.64. The molecule has 0 radical (unpaired) electrons. The van der Waals surface area contributed by atoms with Gasteiger partial charge in [-0.15, -0.1) is 0 Å². The van der Waals surface area contributed by atoms with Gasteiger partial charge in [-0.2, -0.15) is 25.3 Å². The normalized spacial score (nSPS) is 26.1. The number of imidazole rings is 1. The Morgan fingerprint density at radius 3 is 1.21 bits per heavy atom. The third-order valence-corrected chi connectivity index (χ3v) is 23.4. The van der Waals surface area contributed by atoms with Gasteiger partial charge in [0.1, 0.15) is 114 Å². The first kappa shape index (κ1) is 103. The van der Waals surface area contributed by atoms with E-state index in [-0.39, 0.29) is 159 Å². The second-order valence-corrected chi connectivity index (χ2v) is 33.2. The minimum Gasteiger partial charge on any atom is -0.508 e. The molecule has 8 rings (SSSR count). The number of carbonyl (C=O) groups is 17. The third kappa shape index (κ3) is 30.9. The molecular weight excluding hydrogens is 1750 g/mol. The minimum atomic E-state index is -1.79. The van der Waals surface area contributed by atoms with Gasteiger partial charge in [0.05, 0.1) is 18.6 Å². The number of hydrogen-bond donors (Lipinski definition) is 26. The van der Waals surface area contributed by atoms with Crippen LogP contribution in [0.25, 0.3) is 0 Å². The van der Waals surface area contributed by atoms with Crippen LogP contribution in [0.3, 0.4) is 0 Å². The lowest BCUT2D eigenvalue weighted by Gasteiger charge is -2.34. The lowest BCUT2D eigenvalue weighted by molar-refractivity contribution is -0.148. The number of aliphatic hydroxyl groups is 1. The topological polar surface area (TPSA) is 706 Å². The van der Waals surface area contributed by atoms with Gasteiger partial charge in [-0.05, 0) is 163 Å². The quantitative estimate of drug-likeness (QED) is 0.0134. The van der Waals surface area contributed by atoms with Crippen LogP contribution in [0.5, 0.6) is 17.2 Å². The summed E-state index contributed by atoms with van der Waals surface area (Å²) in [5.41, 5.74) is 24.5. The molecule has 131 heavy (non-hydrogen) atoms. The Labute approximate surface area is 765 Å². The number of unbranched alkanes of at least 4 members (excludes halogenated alkanes) is 1. The summed E-state index contributed by atoms with van der Waals surface area (Å²) in [6.45, 7) is 1.25. The number of nitrogens with one attached hydrogen (secondary N) is 16. The predicted molar refractivity (Wildman–Crippen MR) is 477 cm³/mol. The van der Waals surface area contributed by atoms with E-state index in [0.717, 1.165) is 4.90 Å². The molecular formula is C84H120N24O21S2. The number of H-pyrrole nitrogens is 1. The predicted octanol–water partition coefficient (Wildman–Crippen LogP) is -7.02. The zero-order chi connectivity index (χ0) is 95.7. The number of aromatic hydroxyl groups is 3. The number of primary amides is 1. The number of aromatic nitrogens is 2. The van der Waals surface area contributed by atoms with Crippen molar-refractivity contribution in [3.8, 4) is 17.2 Å². The summed E-state index contributed by atoms with van der Waals surface area (Å²) < 4.78 is 0. The molecule has 4 aliphatic heterocycles. The first-order chi connectivity index (χ1) is 62.5. The largest absolute Gasteiger partial charge is 0.508 e. The standard InChI is InChI=1S/C84H120N24O21S2/c1-44-68(114)104-62(41-130)78(124)103-61(40-109)76(122)94-45(2)81(127)106-32-6-11-64(106)79(125)97-55(28-30-86)71(117)95-53(10-5-31-91-84(88)89)69(115)99-58(36-47-16-22-51(111)23-17-47)75(121)105-63(42-131)77(123)100-57(35-46-14-20-50(110)21-15-46)73(119)96-54(26-27-67(87)113)70(116)98-56(9-3-4-29-85)82(128)108-34-8-13-66(108)83(129)107-33-7-12-65(107)80(126)102-59(37-48-18-24-52(112)25-19-48)74(120)101-60(72(118)93-44)38-49-39-90-43-92-49/h14-25,39,43-45,53-66,109-112,130-131H,3-13,26-38,40-42,85-86H2,1-2H3,(H2,87,113)(H,90,92)(H,93,118)(H,94,122)(H,95,117)(H,96,119)(H,97,125)(H,98,116)(H,99,115)(H,100,123)(H,101,120)(H,102,126)(H,103,124)(H,104,114)(H,105,121)(H4,88,89,91)/t44-,45-,53-,54-,55-,56-,57-,58-,59-,60-,61-,62-,63-,64+,65-,66+/m0/s1. The lowest BCUT2D eigenvalue weighted by atomic mass is 10.0. The van der Waals surface area contributed by atoms with Crippen LogP contribution in [0.15, 0.2) is 85.3 Å². The fourth-order valence-electron chi connectivity index (χ4n) is 15.5. The van der Waals surface area contributed by atoms with Crippen LogP contribution in [-0.2, 0) is 107 Å². The maximum Gasteiger partial charge on any atom is 0.246 e. The van der Waals surface area contributed by atoms with E-state index in [4.69, 9.17) is 28.3 Å². The van der Waals surface area contributed by atoms with Crippen LogP contribution in [-0.4, -0.2) is 306 Å². The highest BCUT2D eigenvalue weighted by Crippen LogP contribution is 2.28. The molecule has 0 bridgehead atoms. The third-order valence-electron chi connectivity index (χ3n) is 22.6. The Balaban J connectivity index is 1.14. The van der Waals surface area contributed by atoms with Crippen LogP contribution in [0.2, 0.25) is 0 Å². The van der Waals surface area contributed by atoms with Gasteiger partial charge in [-0.1, -0.05) is 36.4 Å². The molecule has 4 aliphatic rings. The fraction of sp³-hybridized carbons (Fsp3) is 0.536. The molecule has 17 amide bonds. The van der Waals surface area contributed by atoms with Gasteiger partial charge in [0.25, 0.3) is 0 Å². The molecule has 0 saturated carbocycles. The Bertz CT molecular complexity index is 4680. The second-order valence-electron chi connectivity index (χ2n) is 32.5. The molecule has 45 nitrogen and oxygen atoms in total. The maximum absolute atomic E-state index is 15.3. The van der Waals surface area contributed by atoms with Crippen molar-refractivity contribution >= 4 is 132 Å². The summed E-state index contributed by atoms with van der Waals surface area (Å²) in [7, 11) is 0. The van der Waals surface area contributed by atoms with Gasteiger partial charge in [-0.3, -0.25) is 86.9 Å². The van der Waals surface area contributed by atoms with E-state index in [1.54, 1.807) is 0 Å². The number of nitrogens with zero attached hydrogens (tertiary/aromatic N) is 4. The number of hydrogen-bond acceptors (Lipinski definition) is 27. The van der Waals surface area contributed by atoms with E-state index in [2.05, 4.69) is 110 Å². The smallest absolute Gasteiger partial charge is 0.246 e. The van der Waals surface area contributed by atoms with E-state index >= 15 is 14.4 Å². The number of benzene rings is 3. The minimum absolute atomic E-state index is 0.00327. The number of nitrogens with two attached hydrogens (primary N) is 4. The highest BCUT2D eigenvalue weighted by Gasteiger charge is 2.47. The molecule has 47 heteroatoms. The first-order valence-electron chi connectivity index (χ1n) is 43.3. The monoisotopic (exact) mass is 1860 g/mol. The summed E-state index contributed by atoms with van der Waals surface area (Å²) in [6, 6.07) is -8.07. The Kier molecular flexibility index (Phi) is 40.2. The highest BCUT2D eigenvalue weighted by atomic mass is 32.1. The molecule has 4 fully saturated rings. The number of phenols is 3. The van der Waals surface area contributed by atoms with Crippen molar-refractivity contribution in [2.45, 2.75) is 226 Å². The summed E-state index contributed by atoms with van der Waals surface area (Å²) in [6.07, 6.45) is 1.27. The van der Waals surface area contributed by atoms with Gasteiger partial charge in [-0.25, -0.2) is 4.98 Å². The van der Waals surface area contributed by atoms with E-state index in [0.29, 0.717) is 23.1 Å². The van der Waals surface area contributed by atoms with Crippen molar-refractivity contribution in [2.75, 3.05) is 57.4 Å². The fourth-order valence-corrected chi connectivity index (χ4v) is 16.0. The number of aliphatic hydroxyl groups excluding tert-OH is 1. The Morgan fingerprint density at radius 2 is 0.771 bits per heavy atom. The van der Waals surface area contributed by atoms with Gasteiger partial charge in [0, 0.05) is 76.0 Å². The number of rotatable bonds is 24. The molecule has 3 aromatic carbocycles. The molecule has 5 heterocycles. The average molecular weight is 1870 g/mol. The number of thiol groups is 2. The Morgan fingerprint density at radius 1 is 0.412 bits per heavy atom. The van der Waals surface area contributed by atoms with Crippen molar-refractivity contribution < 1.29 is 102 Å². The second kappa shape index (κ2) is 50.9. The number of amides is 17. The highest BCUT2D eigenvalue weighted by molar-refractivity contribution is 7.80. The first-order valence-corrected chi connectivity index (χ1v) is 44.6. The molecule has 4 saturated heterocycles. The molecule has 0 unspecified atom stereocenters. The summed E-state index contributed by atoms with van der Waals surface area (Å²) in [4.78, 5) is 258. The van der Waals surface area contributed by atoms with Crippen molar-refractivity contribution in [1.82, 2.24) is 99.1 Å². The summed E-state index contributed by atoms with van der Waals surface area (Å²) in [5.74, 6) is -18.1. The molecule has 0 spiro atoms. The van der Waals surface area contributed by atoms with Crippen molar-refractivity contribution in [2.24, 2.45) is 22.9 Å². The van der Waals surface area contributed by atoms with Crippen molar-refractivity contribution in [3.05, 3.63) is 108 Å². The molecule has 1 aromatic heterocycles. The van der Waals surface area contributed by atoms with Crippen LogP contribution < -0.4 is 97.4 Å². The number of guanidine groups is 1. The molecule has 0 aliphatic carbocycles. The molecule has 4 aromatic rings. The maximum atomic E-state index is 15.3. The number of fused-ring (bicyclic) bond motifs is 3. The molecule has 28 N–H and O–H groups in total. The SMILES string of the molecule is C[C@@H]1NC(=O)[C@H](Cc2c[nH]cn2)NC(=O)[C@H](Cc2ccc(O)cc2)NC(=O)[C@@H]2CCCN2C(=O)[C@H]2CCCN2C(=O)[C@H](CCCCN)NC(=O)[C@H](CCC(N)=O)NC(=O)[C@H](Cc2ccc(O)cc2)NC(=O)[C@H](CS)NC(=O)[C@H](Cc2ccc(O)cc2)NC(=O)[C@H](CCCNC(=N)N)NC(=O)[C@H](CCN)NC(=O)[C@H]2CCCN2C(=O)[C@H](C)NC(=O)[C@H](CO)NC(=O)[C@H](CS)NC1=O. The van der Waals surface area contributed by atoms with Crippen LogP contribution in [0.4, 0.5) is 0 Å². The Hall–Kier alpha value is -12.9. The van der Waals surface area contributed by atoms with E-state index in [1.807, 2.05) is 0 Å². The average Bonchev–Trinajstić information content (AvgIpc) is 1.66. The van der Waals surface area contributed by atoms with Gasteiger partial charge >= 0.3 is 0 Å². The van der Waals surface area contributed by atoms with Gasteiger partial charge in [0.15, 0.2) is 5.96 Å². The van der Waals surface area contributed by atoms with Gasteiger partial charge < -0.3 is 137 Å².